The average molecular weight is 624 g/mol. The molecule has 0 atom stereocenters. The Kier molecular flexibility index (Phi) is 5.35. The summed E-state index contributed by atoms with van der Waals surface area (Å²) in [6.07, 6.45) is 0. The van der Waals surface area contributed by atoms with Gasteiger partial charge in [0.1, 0.15) is 11.2 Å². The Hall–Kier alpha value is -6.65. The van der Waals surface area contributed by atoms with Gasteiger partial charge in [-0.2, -0.15) is 0 Å². The number of benzene rings is 8. The van der Waals surface area contributed by atoms with Crippen LogP contribution in [0, 0.1) is 0 Å². The van der Waals surface area contributed by atoms with E-state index in [0.717, 1.165) is 60.2 Å². The summed E-state index contributed by atoms with van der Waals surface area (Å²) in [5.74, 6) is 1.88. The van der Waals surface area contributed by atoms with Crippen molar-refractivity contribution in [1.82, 2.24) is 15.0 Å². The van der Waals surface area contributed by atoms with Gasteiger partial charge in [0.15, 0.2) is 17.5 Å². The van der Waals surface area contributed by atoms with E-state index in [4.69, 9.17) is 19.4 Å². The van der Waals surface area contributed by atoms with Gasteiger partial charge in [-0.3, -0.25) is 0 Å². The first-order valence-corrected chi connectivity index (χ1v) is 16.5. The minimum Gasteiger partial charge on any atom is -0.456 e. The molecule has 0 saturated heterocycles. The Morgan fingerprint density at radius 2 is 0.776 bits per heavy atom. The highest BCUT2D eigenvalue weighted by Crippen LogP contribution is 2.50. The zero-order chi connectivity index (χ0) is 32.1. The number of hydrogen-bond acceptors (Lipinski definition) is 4. The van der Waals surface area contributed by atoms with E-state index in [1.807, 2.05) is 12.1 Å². The predicted molar refractivity (Wildman–Crippen MR) is 200 cm³/mol. The van der Waals surface area contributed by atoms with Crippen LogP contribution in [-0.2, 0) is 0 Å². The highest BCUT2D eigenvalue weighted by atomic mass is 16.3. The summed E-state index contributed by atoms with van der Waals surface area (Å²) in [7, 11) is 0. The van der Waals surface area contributed by atoms with E-state index in [-0.39, 0.29) is 0 Å². The Bertz CT molecular complexity index is 2900. The summed E-state index contributed by atoms with van der Waals surface area (Å²) >= 11 is 0. The summed E-state index contributed by atoms with van der Waals surface area (Å²) < 4.78 is 6.61. The van der Waals surface area contributed by atoms with Crippen LogP contribution in [0.2, 0.25) is 0 Å². The molecule has 10 aromatic rings. The van der Waals surface area contributed by atoms with Crippen LogP contribution in [0.3, 0.4) is 0 Å². The Labute approximate surface area is 281 Å². The Balaban J connectivity index is 1.20. The second-order valence-corrected chi connectivity index (χ2v) is 12.7. The zero-order valence-corrected chi connectivity index (χ0v) is 26.2. The molecule has 0 saturated carbocycles. The van der Waals surface area contributed by atoms with Crippen LogP contribution < -0.4 is 0 Å². The van der Waals surface area contributed by atoms with E-state index in [1.165, 1.54) is 33.0 Å². The van der Waals surface area contributed by atoms with Crippen molar-refractivity contribution in [2.24, 2.45) is 0 Å². The van der Waals surface area contributed by atoms with Gasteiger partial charge in [0.25, 0.3) is 0 Å². The lowest BCUT2D eigenvalue weighted by atomic mass is 9.99. The van der Waals surface area contributed by atoms with Crippen molar-refractivity contribution in [3.8, 4) is 56.4 Å². The van der Waals surface area contributed by atoms with Gasteiger partial charge in [0.05, 0.1) is 0 Å². The molecule has 0 fully saturated rings. The Morgan fingerprint density at radius 1 is 0.306 bits per heavy atom. The average Bonchev–Trinajstić information content (AvgIpc) is 3.69. The monoisotopic (exact) mass is 623 g/mol. The van der Waals surface area contributed by atoms with Crippen molar-refractivity contribution < 1.29 is 4.42 Å². The van der Waals surface area contributed by atoms with E-state index >= 15 is 0 Å². The molecule has 4 nitrogen and oxygen atoms in total. The molecule has 4 heteroatoms. The SMILES string of the molecule is c1ccc2c(-c3nc(-c4cccc5ccccc45)nc(-c4cccc5oc6cc7c(cc6c45)-c4cccc5cccc-7c45)n3)cccc2c1. The fourth-order valence-electron chi connectivity index (χ4n) is 7.87. The molecule has 0 aliphatic heterocycles. The third kappa shape index (κ3) is 3.83. The standard InChI is InChI=1S/C45H25N3O/c1-3-16-29-26(10-1)12-5-20-33(29)43-46-44(34-21-6-13-27-11-2-4-17-30(27)34)48-45(47-43)35-22-9-23-39-42(35)38-24-36-31-18-7-14-28-15-8-19-32(41(28)31)37(36)25-40(38)49-39/h1-25H. The van der Waals surface area contributed by atoms with Crippen molar-refractivity contribution in [2.45, 2.75) is 0 Å². The molecule has 2 aromatic heterocycles. The van der Waals surface area contributed by atoms with Crippen LogP contribution in [0.1, 0.15) is 0 Å². The van der Waals surface area contributed by atoms with Crippen LogP contribution in [0.4, 0.5) is 0 Å². The molecular formula is C45H25N3O. The van der Waals surface area contributed by atoms with E-state index < -0.39 is 0 Å². The lowest BCUT2D eigenvalue weighted by molar-refractivity contribution is 0.669. The topological polar surface area (TPSA) is 51.8 Å². The number of rotatable bonds is 3. The molecular weight excluding hydrogens is 599 g/mol. The van der Waals surface area contributed by atoms with Crippen LogP contribution in [-0.4, -0.2) is 15.0 Å². The molecule has 0 unspecified atom stereocenters. The summed E-state index contributed by atoms with van der Waals surface area (Å²) in [6.45, 7) is 0. The minimum absolute atomic E-state index is 0.611. The van der Waals surface area contributed by atoms with E-state index in [0.29, 0.717) is 17.5 Å². The minimum atomic E-state index is 0.611. The highest BCUT2D eigenvalue weighted by Gasteiger charge is 2.25. The van der Waals surface area contributed by atoms with Crippen LogP contribution >= 0.6 is 0 Å². The molecule has 11 rings (SSSR count). The van der Waals surface area contributed by atoms with Crippen molar-refractivity contribution >= 4 is 54.3 Å². The molecule has 0 amide bonds. The maximum atomic E-state index is 6.61. The molecule has 1 aliphatic rings. The molecule has 0 spiro atoms. The predicted octanol–water partition coefficient (Wildman–Crippen LogP) is 11.9. The number of hydrogen-bond donors (Lipinski definition) is 0. The van der Waals surface area contributed by atoms with Gasteiger partial charge in [-0.15, -0.1) is 0 Å². The second-order valence-electron chi connectivity index (χ2n) is 12.7. The molecule has 0 radical (unpaired) electrons. The van der Waals surface area contributed by atoms with Crippen molar-refractivity contribution in [3.63, 3.8) is 0 Å². The zero-order valence-electron chi connectivity index (χ0n) is 26.2. The number of fused-ring (bicyclic) bond motifs is 8. The highest BCUT2D eigenvalue weighted by molar-refractivity contribution is 6.20. The lowest BCUT2D eigenvalue weighted by Gasteiger charge is -2.12. The van der Waals surface area contributed by atoms with Crippen LogP contribution in [0.15, 0.2) is 156 Å². The van der Waals surface area contributed by atoms with Crippen molar-refractivity contribution in [2.75, 3.05) is 0 Å². The third-order valence-electron chi connectivity index (χ3n) is 10.1. The largest absolute Gasteiger partial charge is 0.456 e. The van der Waals surface area contributed by atoms with E-state index in [2.05, 4.69) is 140 Å². The quantitative estimate of drug-likeness (QED) is 0.196. The second kappa shape index (κ2) is 9.93. The molecule has 49 heavy (non-hydrogen) atoms. The molecule has 2 heterocycles. The molecule has 226 valence electrons. The van der Waals surface area contributed by atoms with Crippen LogP contribution in [0.5, 0.6) is 0 Å². The summed E-state index contributed by atoms with van der Waals surface area (Å²) in [6, 6.07) is 53.2. The van der Waals surface area contributed by atoms with Crippen molar-refractivity contribution in [3.05, 3.63) is 152 Å². The normalized spacial score (nSPS) is 12.1. The van der Waals surface area contributed by atoms with Gasteiger partial charge in [-0.25, -0.2) is 15.0 Å². The fraction of sp³-hybridized carbons (Fsp3) is 0. The number of furan rings is 1. The summed E-state index contributed by atoms with van der Waals surface area (Å²) in [5, 5.41) is 9.08. The first kappa shape index (κ1) is 26.4. The molecule has 0 N–H and O–H groups in total. The van der Waals surface area contributed by atoms with E-state index in [1.54, 1.807) is 0 Å². The maximum absolute atomic E-state index is 6.61. The van der Waals surface area contributed by atoms with Gasteiger partial charge in [0.2, 0.25) is 0 Å². The summed E-state index contributed by atoms with van der Waals surface area (Å²) in [4.78, 5) is 15.7. The van der Waals surface area contributed by atoms with Crippen LogP contribution in [0.25, 0.3) is 111 Å². The van der Waals surface area contributed by atoms with Gasteiger partial charge < -0.3 is 4.42 Å². The fourth-order valence-corrected chi connectivity index (χ4v) is 7.87. The third-order valence-corrected chi connectivity index (χ3v) is 10.1. The van der Waals surface area contributed by atoms with Gasteiger partial charge >= 0.3 is 0 Å². The molecule has 8 aromatic carbocycles. The van der Waals surface area contributed by atoms with Gasteiger partial charge in [-0.1, -0.05) is 133 Å². The van der Waals surface area contributed by atoms with Gasteiger partial charge in [0, 0.05) is 27.5 Å². The first-order chi connectivity index (χ1) is 24.3. The maximum Gasteiger partial charge on any atom is 0.164 e. The number of aromatic nitrogens is 3. The van der Waals surface area contributed by atoms with Crippen molar-refractivity contribution in [1.29, 1.82) is 0 Å². The van der Waals surface area contributed by atoms with Gasteiger partial charge in [-0.05, 0) is 72.8 Å². The smallest absolute Gasteiger partial charge is 0.164 e. The van der Waals surface area contributed by atoms with E-state index in [9.17, 15) is 0 Å². The molecule has 0 bridgehead atoms. The first-order valence-electron chi connectivity index (χ1n) is 16.5. The number of nitrogens with zero attached hydrogens (tertiary/aromatic N) is 3. The lowest BCUT2D eigenvalue weighted by Crippen LogP contribution is -2.01. The summed E-state index contributed by atoms with van der Waals surface area (Å²) in [5.41, 5.74) is 9.45. The Morgan fingerprint density at radius 3 is 1.41 bits per heavy atom. The molecule has 1 aliphatic carbocycles.